The lowest BCUT2D eigenvalue weighted by molar-refractivity contribution is 0.618. The summed E-state index contributed by atoms with van der Waals surface area (Å²) < 4.78 is 0. The van der Waals surface area contributed by atoms with Crippen LogP contribution in [-0.4, -0.2) is 0 Å². The number of benzene rings is 11. The maximum Gasteiger partial charge on any atom is -0.0147 e. The van der Waals surface area contributed by atoms with Crippen LogP contribution in [0.2, 0.25) is 0 Å². The highest BCUT2D eigenvalue weighted by molar-refractivity contribution is 5.98. The smallest absolute Gasteiger partial charge is 0.0147 e. The molecule has 0 unspecified atom stereocenters. The summed E-state index contributed by atoms with van der Waals surface area (Å²) in [6, 6.07) is 87.3. The van der Waals surface area contributed by atoms with Crippen LogP contribution in [-0.2, 0) is 0 Å². The van der Waals surface area contributed by atoms with E-state index in [0.29, 0.717) is 11.8 Å². The highest BCUT2D eigenvalue weighted by Crippen LogP contribution is 2.40. The molecular formula is C90H102. The Morgan fingerprint density at radius 3 is 0.867 bits per heavy atom. The van der Waals surface area contributed by atoms with Crippen molar-refractivity contribution in [2.24, 2.45) is 11.8 Å². The Kier molecular flexibility index (Phi) is 27.1. The maximum atomic E-state index is 2.37. The first-order valence-corrected chi connectivity index (χ1v) is 30.8. The van der Waals surface area contributed by atoms with Crippen molar-refractivity contribution in [2.75, 3.05) is 0 Å². The Labute approximate surface area is 545 Å². The van der Waals surface area contributed by atoms with Gasteiger partial charge in [0.1, 0.15) is 0 Å². The predicted octanol–water partition coefficient (Wildman–Crippen LogP) is 27.0. The predicted molar refractivity (Wildman–Crippen MR) is 404 cm³/mol. The summed E-state index contributed by atoms with van der Waals surface area (Å²) in [6.07, 6.45) is 11.7. The summed E-state index contributed by atoms with van der Waals surface area (Å²) in [5.74, 6) is 1.25. The molecule has 90 heavy (non-hydrogen) atoms. The molecule has 0 fully saturated rings. The lowest BCUT2D eigenvalue weighted by Gasteiger charge is -2.29. The largest absolute Gasteiger partial charge is 0.0776 e. The van der Waals surface area contributed by atoms with Crippen LogP contribution in [0.3, 0.4) is 0 Å². The van der Waals surface area contributed by atoms with Gasteiger partial charge in [-0.2, -0.15) is 0 Å². The van der Waals surface area contributed by atoms with Gasteiger partial charge in [-0.3, -0.25) is 0 Å². The van der Waals surface area contributed by atoms with Gasteiger partial charge < -0.3 is 0 Å². The molecule has 11 aromatic rings. The standard InChI is InChI=1S/C22H26.C20H18.C16H14.2C14H14.4CH4/c1-15-5-8-19(9-6-15)20-10-12-22(18(4)14-20)21-11-7-16(2)13-17(21)3;1-15-6-10-17(11-7-15)19-4-3-5-20(14-19)18-12-8-16(2)9-13-18;1-11-3-5-13-9-14-6-4-12(2)8-16(14)10-15(13)7-11;1-11-3-7-13(8-4-11)14-9-5-12(2)6-10-14;1-11-5-3-7-13(9-11)14-8-4-6-12(2)10-14;;;;/h5-12,17-18H,13-14H2,1-4H3;3-14H,1-2H3;3-10H,1-2H3;2*3-10H,1-2H3;4*1H4/t17-,18+;;;;;;;;/m1......../s1. The summed E-state index contributed by atoms with van der Waals surface area (Å²) in [4.78, 5) is 0. The minimum absolute atomic E-state index is 0. The fraction of sp³-hybridized carbons (Fsp3) is 0.222. The van der Waals surface area contributed by atoms with Gasteiger partial charge in [-0.1, -0.05) is 348 Å². The summed E-state index contributed by atoms with van der Waals surface area (Å²) >= 11 is 0. The highest BCUT2D eigenvalue weighted by atomic mass is 14.3. The molecule has 0 spiro atoms. The van der Waals surface area contributed by atoms with Crippen molar-refractivity contribution in [1.82, 2.24) is 0 Å². The Morgan fingerprint density at radius 1 is 0.222 bits per heavy atom. The van der Waals surface area contributed by atoms with E-state index in [0.717, 1.165) is 6.42 Å². The fourth-order valence-electron chi connectivity index (χ4n) is 11.4. The molecule has 2 aliphatic rings. The van der Waals surface area contributed by atoms with Gasteiger partial charge in [0.2, 0.25) is 0 Å². The van der Waals surface area contributed by atoms with Gasteiger partial charge in [0.15, 0.2) is 0 Å². The van der Waals surface area contributed by atoms with Gasteiger partial charge in [0.05, 0.1) is 0 Å². The maximum absolute atomic E-state index is 2.37. The van der Waals surface area contributed by atoms with Crippen LogP contribution in [0, 0.1) is 74.1 Å². The number of rotatable bonds is 6. The van der Waals surface area contributed by atoms with E-state index in [1.165, 1.54) is 150 Å². The van der Waals surface area contributed by atoms with E-state index in [2.05, 4.69) is 350 Å². The van der Waals surface area contributed by atoms with Crippen LogP contribution in [0.1, 0.15) is 119 Å². The molecule has 0 aliphatic heterocycles. The van der Waals surface area contributed by atoms with Crippen LogP contribution in [0.5, 0.6) is 0 Å². The third-order valence-corrected chi connectivity index (χ3v) is 16.5. The zero-order valence-electron chi connectivity index (χ0n) is 53.0. The Hall–Kier alpha value is -9.10. The third-order valence-electron chi connectivity index (χ3n) is 16.5. The SMILES string of the molecule is C.C.C.C.CC1=CC=C(C2=CC=C(c3ccc(C)cc3)C[C@@H]2C)[C@H](C)C1.Cc1ccc(-c2ccc(C)cc2)cc1.Cc1ccc(-c2cccc(-c3ccc(C)cc3)c2)cc1.Cc1ccc2cc3ccc(C)cc3cc2c1.Cc1cccc(-c2cccc(C)c2)c1. The van der Waals surface area contributed by atoms with Crippen LogP contribution >= 0.6 is 0 Å². The second-order valence-electron chi connectivity index (χ2n) is 24.4. The first-order valence-electron chi connectivity index (χ1n) is 30.8. The number of allylic oxidation sites excluding steroid dienone is 8. The van der Waals surface area contributed by atoms with Gasteiger partial charge in [0, 0.05) is 0 Å². The second-order valence-corrected chi connectivity index (χ2v) is 24.4. The van der Waals surface area contributed by atoms with E-state index in [1.54, 1.807) is 0 Å². The lowest BCUT2D eigenvalue weighted by Crippen LogP contribution is -2.14. The van der Waals surface area contributed by atoms with Gasteiger partial charge in [-0.15, -0.1) is 0 Å². The topological polar surface area (TPSA) is 0 Å². The number of aryl methyl sites for hydroxylation is 9. The van der Waals surface area contributed by atoms with E-state index < -0.39 is 0 Å². The molecule has 0 nitrogen and oxygen atoms in total. The van der Waals surface area contributed by atoms with Crippen LogP contribution < -0.4 is 0 Å². The number of fused-ring (bicyclic) bond motifs is 2. The molecule has 0 heteroatoms. The van der Waals surface area contributed by atoms with Gasteiger partial charge in [0.25, 0.3) is 0 Å². The van der Waals surface area contributed by atoms with Crippen molar-refractivity contribution in [2.45, 2.75) is 126 Å². The normalized spacial score (nSPS) is 13.6. The quantitative estimate of drug-likeness (QED) is 0.146. The molecule has 0 amide bonds. The van der Waals surface area contributed by atoms with Crippen LogP contribution in [0.4, 0.5) is 0 Å². The molecule has 0 aromatic heterocycles. The number of hydrogen-bond donors (Lipinski definition) is 0. The average molecular weight is 1180 g/mol. The lowest BCUT2D eigenvalue weighted by atomic mass is 9.76. The molecule has 0 heterocycles. The summed E-state index contributed by atoms with van der Waals surface area (Å²) in [6.45, 7) is 26.1. The van der Waals surface area contributed by atoms with Gasteiger partial charge in [-0.25, -0.2) is 0 Å². The van der Waals surface area contributed by atoms with E-state index in [4.69, 9.17) is 0 Å². The average Bonchev–Trinajstić information content (AvgIpc) is 1.09. The van der Waals surface area contributed by atoms with E-state index in [1.807, 2.05) is 0 Å². The minimum Gasteiger partial charge on any atom is -0.0776 e. The zero-order valence-corrected chi connectivity index (χ0v) is 53.0. The van der Waals surface area contributed by atoms with Crippen molar-refractivity contribution in [3.05, 3.63) is 339 Å². The number of hydrogen-bond acceptors (Lipinski definition) is 0. The molecule has 11 aromatic carbocycles. The van der Waals surface area contributed by atoms with Gasteiger partial charge >= 0.3 is 0 Å². The van der Waals surface area contributed by atoms with Crippen molar-refractivity contribution >= 4 is 27.1 Å². The molecule has 13 rings (SSSR count). The minimum atomic E-state index is 0. The molecule has 0 saturated heterocycles. The third kappa shape index (κ3) is 20.0. The zero-order chi connectivity index (χ0) is 60.7. The summed E-state index contributed by atoms with van der Waals surface area (Å²) in [5, 5.41) is 5.31. The molecule has 0 saturated carbocycles. The molecule has 462 valence electrons. The van der Waals surface area contributed by atoms with Crippen LogP contribution in [0.25, 0.3) is 71.6 Å². The Balaban J connectivity index is 0.000000204. The molecule has 2 atom stereocenters. The van der Waals surface area contributed by atoms with E-state index >= 15 is 0 Å². The first kappa shape index (κ1) is 71.7. The second kappa shape index (κ2) is 34.0. The molecule has 2 aliphatic carbocycles. The van der Waals surface area contributed by atoms with E-state index in [9.17, 15) is 0 Å². The first-order chi connectivity index (χ1) is 41.5. The van der Waals surface area contributed by atoms with Crippen molar-refractivity contribution in [3.63, 3.8) is 0 Å². The van der Waals surface area contributed by atoms with Crippen molar-refractivity contribution in [1.29, 1.82) is 0 Å². The van der Waals surface area contributed by atoms with Crippen molar-refractivity contribution < 1.29 is 0 Å². The summed E-state index contributed by atoms with van der Waals surface area (Å²) in [5.41, 5.74) is 29.4. The molecule has 0 N–H and O–H groups in total. The summed E-state index contributed by atoms with van der Waals surface area (Å²) in [7, 11) is 0. The van der Waals surface area contributed by atoms with E-state index in [-0.39, 0.29) is 29.7 Å². The fourth-order valence-corrected chi connectivity index (χ4v) is 11.4. The highest BCUT2D eigenvalue weighted by Gasteiger charge is 2.23. The Bertz CT molecular complexity index is 3970. The molecule has 0 radical (unpaired) electrons. The van der Waals surface area contributed by atoms with Gasteiger partial charge in [-0.05, 0) is 200 Å². The monoisotopic (exact) mass is 1180 g/mol. The van der Waals surface area contributed by atoms with Crippen LogP contribution in [0.15, 0.2) is 284 Å². The molecular weight excluding hydrogens is 1080 g/mol. The van der Waals surface area contributed by atoms with Crippen molar-refractivity contribution in [3.8, 4) is 44.5 Å². The Morgan fingerprint density at radius 2 is 0.511 bits per heavy atom. The molecule has 0 bridgehead atoms.